The first-order valence-corrected chi connectivity index (χ1v) is 27.7. The zero-order valence-electron chi connectivity index (χ0n) is 33.9. The number of carbonyl (C=O) groups excluding carboxylic acids is 4. The third kappa shape index (κ3) is 10.8. The minimum Gasteiger partial charge on any atom is -0.352 e. The van der Waals surface area contributed by atoms with Crippen LogP contribution in [0.2, 0.25) is 0 Å². The van der Waals surface area contributed by atoms with E-state index in [0.29, 0.717) is 23.5 Å². The van der Waals surface area contributed by atoms with E-state index in [1.54, 1.807) is 0 Å². The van der Waals surface area contributed by atoms with Gasteiger partial charge < -0.3 is 21.3 Å². The number of amides is 2. The maximum atomic E-state index is 14.0. The van der Waals surface area contributed by atoms with E-state index >= 15 is 0 Å². The third-order valence-corrected chi connectivity index (χ3v) is 15.1. The molecule has 0 aromatic heterocycles. The number of benzene rings is 6. The van der Waals surface area contributed by atoms with Crippen molar-refractivity contribution in [1.29, 1.82) is 0 Å². The Morgan fingerprint density at radius 3 is 1.06 bits per heavy atom. The monoisotopic (exact) mass is 1230 g/mol. The van der Waals surface area contributed by atoms with Crippen molar-refractivity contribution in [3.63, 3.8) is 0 Å². The lowest BCUT2D eigenvalue weighted by Gasteiger charge is -2.24. The van der Waals surface area contributed by atoms with Crippen LogP contribution in [0.4, 0.5) is 22.7 Å². The molecule has 6 aromatic carbocycles. The highest BCUT2D eigenvalue weighted by Crippen LogP contribution is 2.33. The summed E-state index contributed by atoms with van der Waals surface area (Å²) >= 11 is 3.89. The fourth-order valence-corrected chi connectivity index (χ4v) is 11.1. The van der Waals surface area contributed by atoms with Gasteiger partial charge in [0.15, 0.2) is 0 Å². The van der Waals surface area contributed by atoms with Gasteiger partial charge in [0.1, 0.15) is 9.79 Å². The maximum absolute atomic E-state index is 14.0. The van der Waals surface area contributed by atoms with E-state index in [-0.39, 0.29) is 75.4 Å². The average molecular weight is 1230 g/mol. The molecule has 0 saturated heterocycles. The summed E-state index contributed by atoms with van der Waals surface area (Å²) in [6.45, 7) is 0. The van der Waals surface area contributed by atoms with Gasteiger partial charge in [-0.2, -0.15) is 33.7 Å². The summed E-state index contributed by atoms with van der Waals surface area (Å²) in [4.78, 5) is 51.2. The number of rotatable bonds is 14. The Hall–Kier alpha value is -5.70. The number of Topliss-reactive ketones (excluding diaryl/α,β-unsaturated/α-hetero) is 2. The second kappa shape index (κ2) is 19.0. The molecule has 1 aliphatic rings. The van der Waals surface area contributed by atoms with Crippen LogP contribution in [-0.2, 0) is 50.1 Å². The zero-order chi connectivity index (χ0) is 49.7. The summed E-state index contributed by atoms with van der Waals surface area (Å²) in [5.74, 6) is -2.29. The number of fused-ring (bicyclic) bond motifs is 2. The summed E-state index contributed by atoms with van der Waals surface area (Å²) in [5, 5.41) is 10.9. The van der Waals surface area contributed by atoms with E-state index in [2.05, 4.69) is 21.3 Å². The largest absolute Gasteiger partial charge is 0.352 e. The molecule has 8 N–H and O–H groups in total. The number of alkyl halides is 2. The molecule has 26 heteroatoms. The van der Waals surface area contributed by atoms with Crippen LogP contribution in [0.1, 0.15) is 20.7 Å². The summed E-state index contributed by atoms with van der Waals surface area (Å²) in [6, 6.07) is 22.4. The first kappa shape index (κ1) is 50.2. The second-order valence-electron chi connectivity index (χ2n) is 14.6. The van der Waals surface area contributed by atoms with Gasteiger partial charge in [-0.1, -0.05) is 57.3 Å². The normalized spacial score (nSPS) is 13.8. The van der Waals surface area contributed by atoms with Gasteiger partial charge in [0.2, 0.25) is 11.6 Å². The number of carbonyl (C=O) groups is 4. The Labute approximate surface area is 413 Å². The first-order chi connectivity index (χ1) is 31.8. The number of halogens is 2. The molecule has 0 radical (unpaired) electrons. The van der Waals surface area contributed by atoms with Crippen molar-refractivity contribution in [2.75, 3.05) is 30.1 Å². The molecule has 0 spiro atoms. The van der Waals surface area contributed by atoms with Crippen molar-refractivity contribution in [2.24, 2.45) is 0 Å². The van der Waals surface area contributed by atoms with Crippen LogP contribution in [0.3, 0.4) is 0 Å². The van der Waals surface area contributed by atoms with Crippen molar-refractivity contribution in [3.8, 4) is 0 Å². The van der Waals surface area contributed by atoms with Gasteiger partial charge in [0, 0.05) is 64.7 Å². The van der Waals surface area contributed by atoms with Crippen molar-refractivity contribution >= 4 is 153 Å². The summed E-state index contributed by atoms with van der Waals surface area (Å²) in [7, 11) is -19.6. The predicted octanol–water partition coefficient (Wildman–Crippen LogP) is 6.54. The van der Waals surface area contributed by atoms with E-state index in [4.69, 9.17) is 0 Å². The Bertz CT molecular complexity index is 3470. The van der Waals surface area contributed by atoms with Crippen molar-refractivity contribution in [1.82, 2.24) is 0 Å². The lowest BCUT2D eigenvalue weighted by Crippen LogP contribution is -2.32. The molecule has 1 aliphatic carbocycles. The Morgan fingerprint density at radius 1 is 0.441 bits per heavy atom. The standard InChI is InChI=1S/C42H30I2N4O16S4/c43-19-33-37(45-25-7-1-21(2-8-25)41(51)47-27-11-5-23-13-29(65(53,54)55)17-35(31(23)15-27)67(59,60)61)39(49)34(20-44)38(40(33)50)46-26-9-3-22(4-10-26)42(52)48-28-12-6-24-14-30(66(56,57)58)18-36(32(24)16-28)68(62,63)64/h1-18,45-46H,19-20H2,(H,47,51)(H,48,52)(H,53,54,55)(H,56,57,58)(H,59,60,61)(H,62,63,64). The average Bonchev–Trinajstić information content (AvgIpc) is 3.26. The van der Waals surface area contributed by atoms with E-state index < -0.39 is 83.4 Å². The van der Waals surface area contributed by atoms with Gasteiger partial charge in [-0.3, -0.25) is 37.4 Å². The quantitative estimate of drug-likeness (QED) is 0.0248. The topological polar surface area (TPSA) is 334 Å². The molecule has 0 aliphatic heterocycles. The van der Waals surface area contributed by atoms with Crippen LogP contribution in [-0.4, -0.2) is 84.1 Å². The number of anilines is 4. The molecule has 0 fully saturated rings. The van der Waals surface area contributed by atoms with E-state index in [0.717, 1.165) is 12.1 Å². The molecule has 2 amide bonds. The van der Waals surface area contributed by atoms with Crippen LogP contribution in [0.25, 0.3) is 21.5 Å². The van der Waals surface area contributed by atoms with E-state index in [9.17, 15) is 71.1 Å². The second-order valence-corrected chi connectivity index (χ2v) is 21.7. The highest BCUT2D eigenvalue weighted by Gasteiger charge is 2.34. The SMILES string of the molecule is O=C1C(CI)=C(Nc2ccc(C(=O)Nc3ccc4cc(S(=O)(=O)O)cc(S(=O)(=O)O)c4c3)cc2)C(=O)C(CI)=C1Nc1ccc(C(=O)Nc2ccc3cc(S(=O)(=O)O)cc(S(=O)(=O)O)c3c2)cc1. The van der Waals surface area contributed by atoms with Crippen LogP contribution < -0.4 is 21.3 Å². The number of ketones is 2. The van der Waals surface area contributed by atoms with Crippen LogP contribution >= 0.6 is 45.2 Å². The Balaban J connectivity index is 1.04. The minimum atomic E-state index is -4.98. The van der Waals surface area contributed by atoms with E-state index in [1.165, 1.54) is 84.9 Å². The van der Waals surface area contributed by atoms with Gasteiger partial charge in [0.25, 0.3) is 52.3 Å². The van der Waals surface area contributed by atoms with Gasteiger partial charge >= 0.3 is 0 Å². The first-order valence-electron chi connectivity index (χ1n) is 18.9. The lowest BCUT2D eigenvalue weighted by atomic mass is 9.92. The Kier molecular flexibility index (Phi) is 14.0. The molecule has 0 saturated carbocycles. The number of nitrogens with one attached hydrogen (secondary N) is 4. The molecule has 20 nitrogen and oxygen atoms in total. The molecule has 0 unspecified atom stereocenters. The highest BCUT2D eigenvalue weighted by molar-refractivity contribution is 14.1. The lowest BCUT2D eigenvalue weighted by molar-refractivity contribution is -0.116. The predicted molar refractivity (Wildman–Crippen MR) is 265 cm³/mol. The van der Waals surface area contributed by atoms with Crippen molar-refractivity contribution in [2.45, 2.75) is 19.6 Å². The number of allylic oxidation sites excluding steroid dienone is 2. The van der Waals surface area contributed by atoms with E-state index in [1.807, 2.05) is 45.2 Å². The molecule has 68 heavy (non-hydrogen) atoms. The van der Waals surface area contributed by atoms with Crippen LogP contribution in [0.5, 0.6) is 0 Å². The summed E-state index contributed by atoms with van der Waals surface area (Å²) < 4.78 is 134. The number of hydrogen-bond donors (Lipinski definition) is 8. The summed E-state index contributed by atoms with van der Waals surface area (Å²) in [6.07, 6.45) is 0. The van der Waals surface area contributed by atoms with Crippen LogP contribution in [0.15, 0.2) is 151 Å². The van der Waals surface area contributed by atoms with Gasteiger partial charge in [-0.15, -0.1) is 0 Å². The maximum Gasteiger partial charge on any atom is 0.295 e. The molecule has 0 bridgehead atoms. The zero-order valence-corrected chi connectivity index (χ0v) is 41.5. The third-order valence-electron chi connectivity index (χ3n) is 10.2. The molecular weight excluding hydrogens is 1200 g/mol. The summed E-state index contributed by atoms with van der Waals surface area (Å²) in [5.41, 5.74) is 1.34. The highest BCUT2D eigenvalue weighted by atomic mass is 127. The number of hydrogen-bond acceptors (Lipinski definition) is 14. The fraction of sp³-hybridized carbons (Fsp3) is 0.0476. The smallest absolute Gasteiger partial charge is 0.295 e. The fourth-order valence-electron chi connectivity index (χ4n) is 6.90. The molecule has 7 rings (SSSR count). The molecule has 352 valence electrons. The molecule has 6 aromatic rings. The molecule has 0 heterocycles. The van der Waals surface area contributed by atoms with Crippen LogP contribution in [0, 0.1) is 0 Å². The van der Waals surface area contributed by atoms with Gasteiger partial charge in [-0.05, 0) is 108 Å². The van der Waals surface area contributed by atoms with Crippen molar-refractivity contribution in [3.05, 3.63) is 143 Å². The Morgan fingerprint density at radius 2 is 0.765 bits per heavy atom. The molecular formula is C42H30I2N4O16S4. The molecule has 0 atom stereocenters. The van der Waals surface area contributed by atoms with Gasteiger partial charge in [-0.25, -0.2) is 0 Å². The van der Waals surface area contributed by atoms with Gasteiger partial charge in [0.05, 0.1) is 21.2 Å². The minimum absolute atomic E-state index is 0.00469. The van der Waals surface area contributed by atoms with Crippen molar-refractivity contribution < 1.29 is 71.1 Å².